The summed E-state index contributed by atoms with van der Waals surface area (Å²) in [6, 6.07) is 21.8. The van der Waals surface area contributed by atoms with E-state index >= 15 is 0 Å². The fourth-order valence-electron chi connectivity index (χ4n) is 6.04. The standard InChI is InChI=1S/C37H44N6O5/c1-25(29-17-10-15-27-14-8-9-16-30(27)29)40-33(44)21-38-34(45)32-18-11-19-43(32)35(46)31(41-36(47)48-37(2,3)4)20-28-23-42(24-39-28)22-26-12-6-5-7-13-26/h5-10,12-17,23-25,31-32H,11,18-22H2,1-4H3,(H,38,45)(H,40,44)(H,41,47)/t25-,31-,32-/m0/s1. The highest BCUT2D eigenvalue weighted by Gasteiger charge is 2.38. The normalized spacial score (nSPS) is 15.8. The van der Waals surface area contributed by atoms with Gasteiger partial charge in [0.05, 0.1) is 24.6 Å². The highest BCUT2D eigenvalue weighted by molar-refractivity contribution is 5.94. The first-order chi connectivity index (χ1) is 23.0. The molecule has 3 N–H and O–H groups in total. The lowest BCUT2D eigenvalue weighted by Crippen LogP contribution is -2.55. The van der Waals surface area contributed by atoms with Gasteiger partial charge >= 0.3 is 6.09 Å². The second kappa shape index (κ2) is 15.1. The van der Waals surface area contributed by atoms with Crippen LogP contribution in [0.25, 0.3) is 10.8 Å². The van der Waals surface area contributed by atoms with Crippen molar-refractivity contribution in [3.63, 3.8) is 0 Å². The van der Waals surface area contributed by atoms with Crippen LogP contribution >= 0.6 is 0 Å². The van der Waals surface area contributed by atoms with Gasteiger partial charge in [-0.05, 0) is 62.4 Å². The Labute approximate surface area is 281 Å². The monoisotopic (exact) mass is 652 g/mol. The van der Waals surface area contributed by atoms with Crippen molar-refractivity contribution < 1.29 is 23.9 Å². The number of ether oxygens (including phenoxy) is 1. The minimum absolute atomic E-state index is 0.110. The molecule has 48 heavy (non-hydrogen) atoms. The predicted molar refractivity (Wildman–Crippen MR) is 183 cm³/mol. The zero-order valence-electron chi connectivity index (χ0n) is 27.9. The van der Waals surface area contributed by atoms with Crippen molar-refractivity contribution in [2.45, 2.75) is 77.2 Å². The van der Waals surface area contributed by atoms with Crippen molar-refractivity contribution in [3.8, 4) is 0 Å². The van der Waals surface area contributed by atoms with Gasteiger partial charge in [0, 0.05) is 25.7 Å². The first-order valence-corrected chi connectivity index (χ1v) is 16.4. The number of likely N-dealkylation sites (tertiary alicyclic amines) is 1. The van der Waals surface area contributed by atoms with Crippen LogP contribution in [0.4, 0.5) is 4.79 Å². The van der Waals surface area contributed by atoms with Gasteiger partial charge in [0.1, 0.15) is 17.7 Å². The Kier molecular flexibility index (Phi) is 10.8. The third-order valence-electron chi connectivity index (χ3n) is 8.23. The highest BCUT2D eigenvalue weighted by Crippen LogP contribution is 2.24. The van der Waals surface area contributed by atoms with Crippen LogP contribution in [-0.4, -0.2) is 69.0 Å². The number of rotatable bonds is 11. The van der Waals surface area contributed by atoms with Crippen LogP contribution in [0.1, 0.15) is 63.4 Å². The lowest BCUT2D eigenvalue weighted by atomic mass is 10.00. The fraction of sp³-hybridized carbons (Fsp3) is 0.378. The number of carbonyl (C=O) groups is 4. The van der Waals surface area contributed by atoms with E-state index in [1.165, 1.54) is 4.90 Å². The quantitative estimate of drug-likeness (QED) is 0.218. The number of fused-ring (bicyclic) bond motifs is 1. The molecule has 3 atom stereocenters. The summed E-state index contributed by atoms with van der Waals surface area (Å²) in [7, 11) is 0. The lowest BCUT2D eigenvalue weighted by molar-refractivity contribution is -0.140. The van der Waals surface area contributed by atoms with Gasteiger partial charge < -0.3 is 30.2 Å². The zero-order valence-corrected chi connectivity index (χ0v) is 27.9. The Hall–Kier alpha value is -5.19. The molecule has 3 aromatic carbocycles. The molecule has 0 saturated carbocycles. The van der Waals surface area contributed by atoms with Gasteiger partial charge in [0.25, 0.3) is 0 Å². The Morgan fingerprint density at radius 1 is 0.958 bits per heavy atom. The van der Waals surface area contributed by atoms with E-state index in [0.29, 0.717) is 31.6 Å². The Bertz CT molecular complexity index is 1740. The predicted octanol–water partition coefficient (Wildman–Crippen LogP) is 4.51. The molecule has 0 aliphatic carbocycles. The van der Waals surface area contributed by atoms with Crippen LogP contribution in [0.15, 0.2) is 85.3 Å². The maximum Gasteiger partial charge on any atom is 0.408 e. The number of nitrogens with zero attached hydrogens (tertiary/aromatic N) is 3. The summed E-state index contributed by atoms with van der Waals surface area (Å²) in [6.45, 7) is 7.86. The van der Waals surface area contributed by atoms with Crippen molar-refractivity contribution in [1.82, 2.24) is 30.4 Å². The average Bonchev–Trinajstić information content (AvgIpc) is 3.72. The molecule has 252 valence electrons. The number of benzene rings is 3. The molecule has 0 unspecified atom stereocenters. The molecule has 4 amide bonds. The molecule has 1 aromatic heterocycles. The minimum Gasteiger partial charge on any atom is -0.444 e. The molecular weight excluding hydrogens is 608 g/mol. The number of imidazole rings is 1. The SMILES string of the molecule is C[C@H](NC(=O)CNC(=O)[C@@H]1CCCN1C(=O)[C@H](Cc1cn(Cc2ccccc2)cn1)NC(=O)OC(C)(C)C)c1cccc2ccccc12. The molecule has 1 aliphatic heterocycles. The largest absolute Gasteiger partial charge is 0.444 e. The lowest BCUT2D eigenvalue weighted by Gasteiger charge is -2.29. The summed E-state index contributed by atoms with van der Waals surface area (Å²) in [5, 5.41) is 10.5. The number of hydrogen-bond donors (Lipinski definition) is 3. The number of amides is 4. The van der Waals surface area contributed by atoms with E-state index in [4.69, 9.17) is 4.74 Å². The third-order valence-corrected chi connectivity index (χ3v) is 8.23. The first kappa shape index (κ1) is 34.2. The number of alkyl carbamates (subject to hydrolysis) is 1. The molecule has 0 radical (unpaired) electrons. The molecule has 0 spiro atoms. The molecule has 11 heteroatoms. The second-order valence-corrected chi connectivity index (χ2v) is 13.2. The van der Waals surface area contributed by atoms with Gasteiger partial charge in [-0.2, -0.15) is 0 Å². The fourth-order valence-corrected chi connectivity index (χ4v) is 6.04. The maximum absolute atomic E-state index is 14.0. The van der Waals surface area contributed by atoms with Crippen LogP contribution < -0.4 is 16.0 Å². The Balaban J connectivity index is 1.22. The summed E-state index contributed by atoms with van der Waals surface area (Å²) in [6.07, 6.45) is 3.96. The Morgan fingerprint density at radius 3 is 2.46 bits per heavy atom. The highest BCUT2D eigenvalue weighted by atomic mass is 16.6. The molecule has 1 saturated heterocycles. The molecule has 11 nitrogen and oxygen atoms in total. The van der Waals surface area contributed by atoms with Gasteiger partial charge in [-0.25, -0.2) is 9.78 Å². The summed E-state index contributed by atoms with van der Waals surface area (Å²) in [5.74, 6) is -1.17. The van der Waals surface area contributed by atoms with Gasteiger partial charge in [-0.15, -0.1) is 0 Å². The van der Waals surface area contributed by atoms with Crippen molar-refractivity contribution in [3.05, 3.63) is 102 Å². The van der Waals surface area contributed by atoms with Crippen LogP contribution in [0, 0.1) is 0 Å². The van der Waals surface area contributed by atoms with E-state index in [-0.39, 0.29) is 24.9 Å². The molecule has 1 fully saturated rings. The van der Waals surface area contributed by atoms with Crippen molar-refractivity contribution >= 4 is 34.6 Å². The molecule has 4 aromatic rings. The Morgan fingerprint density at radius 2 is 1.69 bits per heavy atom. The number of carbonyl (C=O) groups excluding carboxylic acids is 4. The number of nitrogens with one attached hydrogen (secondary N) is 3. The van der Waals surface area contributed by atoms with Gasteiger partial charge in [-0.1, -0.05) is 72.8 Å². The summed E-state index contributed by atoms with van der Waals surface area (Å²) in [5.41, 5.74) is 1.92. The number of aromatic nitrogens is 2. The molecule has 1 aliphatic rings. The molecule has 5 rings (SSSR count). The van der Waals surface area contributed by atoms with Gasteiger partial charge in [-0.3, -0.25) is 14.4 Å². The van der Waals surface area contributed by atoms with Crippen LogP contribution in [-0.2, 0) is 32.1 Å². The van der Waals surface area contributed by atoms with Crippen LogP contribution in [0.5, 0.6) is 0 Å². The third kappa shape index (κ3) is 8.99. The second-order valence-electron chi connectivity index (χ2n) is 13.2. The summed E-state index contributed by atoms with van der Waals surface area (Å²) >= 11 is 0. The van der Waals surface area contributed by atoms with Gasteiger partial charge in [0.15, 0.2) is 0 Å². The topological polar surface area (TPSA) is 135 Å². The summed E-state index contributed by atoms with van der Waals surface area (Å²) in [4.78, 5) is 59.0. The van der Waals surface area contributed by atoms with E-state index in [1.54, 1.807) is 27.1 Å². The van der Waals surface area contributed by atoms with Crippen molar-refractivity contribution in [2.24, 2.45) is 0 Å². The zero-order chi connectivity index (χ0) is 34.3. The number of hydrogen-bond acceptors (Lipinski definition) is 6. The molecule has 2 heterocycles. The average molecular weight is 653 g/mol. The minimum atomic E-state index is -1.02. The molecular formula is C37H44N6O5. The molecule has 0 bridgehead atoms. The summed E-state index contributed by atoms with van der Waals surface area (Å²) < 4.78 is 7.37. The van der Waals surface area contributed by atoms with Crippen LogP contribution in [0.3, 0.4) is 0 Å². The smallest absolute Gasteiger partial charge is 0.408 e. The van der Waals surface area contributed by atoms with E-state index in [2.05, 4.69) is 20.9 Å². The van der Waals surface area contributed by atoms with E-state index in [1.807, 2.05) is 90.5 Å². The van der Waals surface area contributed by atoms with E-state index < -0.39 is 35.6 Å². The maximum atomic E-state index is 14.0. The van der Waals surface area contributed by atoms with E-state index in [9.17, 15) is 19.2 Å². The van der Waals surface area contributed by atoms with Crippen molar-refractivity contribution in [2.75, 3.05) is 13.1 Å². The van der Waals surface area contributed by atoms with Crippen LogP contribution in [0.2, 0.25) is 0 Å². The van der Waals surface area contributed by atoms with E-state index in [0.717, 1.165) is 21.9 Å². The van der Waals surface area contributed by atoms with Gasteiger partial charge in [0.2, 0.25) is 17.7 Å². The van der Waals surface area contributed by atoms with Crippen molar-refractivity contribution in [1.29, 1.82) is 0 Å². The first-order valence-electron chi connectivity index (χ1n) is 16.4.